The second kappa shape index (κ2) is 11.9. The summed E-state index contributed by atoms with van der Waals surface area (Å²) in [6.45, 7) is 5.52. The lowest BCUT2D eigenvalue weighted by Crippen LogP contribution is -2.50. The largest absolute Gasteiger partial charge is 0.483 e. The van der Waals surface area contributed by atoms with E-state index < -0.39 is 6.04 Å². The van der Waals surface area contributed by atoms with E-state index in [0.717, 1.165) is 21.7 Å². The first-order valence-electron chi connectivity index (χ1n) is 11.0. The zero-order chi connectivity index (χ0) is 24.8. The van der Waals surface area contributed by atoms with Gasteiger partial charge in [-0.05, 0) is 70.7 Å². The summed E-state index contributed by atoms with van der Waals surface area (Å²) in [7, 11) is 0. The Kier molecular flexibility index (Phi) is 9.23. The van der Waals surface area contributed by atoms with E-state index >= 15 is 0 Å². The predicted molar refractivity (Wildman–Crippen MR) is 142 cm³/mol. The van der Waals surface area contributed by atoms with Crippen molar-refractivity contribution in [3.8, 4) is 5.75 Å². The molecule has 5 nitrogen and oxygen atoms in total. The lowest BCUT2D eigenvalue weighted by molar-refractivity contribution is -0.142. The lowest BCUT2D eigenvalue weighted by atomic mass is 10.1. The monoisotopic (exact) mass is 564 g/mol. The van der Waals surface area contributed by atoms with E-state index in [1.165, 1.54) is 4.90 Å². The highest BCUT2D eigenvalue weighted by Gasteiger charge is 2.28. The summed E-state index contributed by atoms with van der Waals surface area (Å²) in [4.78, 5) is 27.6. The van der Waals surface area contributed by atoms with Gasteiger partial charge in [0.2, 0.25) is 5.91 Å². The highest BCUT2D eigenvalue weighted by Crippen LogP contribution is 2.33. The average molecular weight is 566 g/mol. The van der Waals surface area contributed by atoms with Crippen molar-refractivity contribution in [1.29, 1.82) is 0 Å². The maximum Gasteiger partial charge on any atom is 0.261 e. The van der Waals surface area contributed by atoms with Crippen molar-refractivity contribution in [2.45, 2.75) is 45.8 Å². The second-order valence-corrected chi connectivity index (χ2v) is 9.78. The van der Waals surface area contributed by atoms with Crippen molar-refractivity contribution in [3.05, 3.63) is 74.7 Å². The molecule has 0 saturated carbocycles. The summed E-state index contributed by atoms with van der Waals surface area (Å²) in [5.74, 6) is -0.0224. The third-order valence-electron chi connectivity index (χ3n) is 5.70. The molecule has 3 rings (SSSR count). The van der Waals surface area contributed by atoms with Crippen molar-refractivity contribution in [2.24, 2.45) is 0 Å². The van der Waals surface area contributed by atoms with E-state index in [9.17, 15) is 9.59 Å². The third-order valence-corrected chi connectivity index (χ3v) is 7.11. The van der Waals surface area contributed by atoms with Crippen LogP contribution in [0.2, 0.25) is 10.0 Å². The molecule has 8 heteroatoms. The van der Waals surface area contributed by atoms with Crippen molar-refractivity contribution < 1.29 is 14.3 Å². The Morgan fingerprint density at radius 2 is 1.82 bits per heavy atom. The maximum atomic E-state index is 13.3. The number of hydrogen-bond donors (Lipinski definition) is 1. The van der Waals surface area contributed by atoms with E-state index in [1.54, 1.807) is 25.1 Å². The summed E-state index contributed by atoms with van der Waals surface area (Å²) >= 11 is 16.0. The number of carbonyl (C=O) groups excluding carboxylic acids is 2. The molecule has 0 aliphatic heterocycles. The number of carbonyl (C=O) groups is 2. The van der Waals surface area contributed by atoms with Gasteiger partial charge in [0.25, 0.3) is 5.91 Å². The Labute approximate surface area is 218 Å². The number of nitrogens with one attached hydrogen (secondary N) is 1. The zero-order valence-electron chi connectivity index (χ0n) is 19.3. The number of amides is 2. The van der Waals surface area contributed by atoms with Gasteiger partial charge in [0, 0.05) is 22.6 Å². The molecule has 2 atom stereocenters. The fourth-order valence-electron chi connectivity index (χ4n) is 3.43. The molecule has 0 aromatic heterocycles. The maximum absolute atomic E-state index is 13.3. The summed E-state index contributed by atoms with van der Waals surface area (Å²) in [6.07, 6.45) is 0.786. The van der Waals surface area contributed by atoms with Gasteiger partial charge in [-0.25, -0.2) is 0 Å². The van der Waals surface area contributed by atoms with Gasteiger partial charge < -0.3 is 15.0 Å². The number of rotatable bonds is 9. The molecule has 1 N–H and O–H groups in total. The molecule has 2 amide bonds. The fourth-order valence-corrected chi connectivity index (χ4v) is 4.51. The molecule has 180 valence electrons. The average Bonchev–Trinajstić information content (AvgIpc) is 2.82. The standard InChI is InChI=1S/C26H27BrCl2N2O3/c1-4-16(2)30-26(33)17(3)31(14-19-9-11-20(28)13-22(19)29)24(32)15-34-23-12-10-18-7-5-6-8-21(18)25(23)27/h5-13,16-17H,4,14-15H2,1-3H3,(H,30,33)/t16-,17-/m1/s1. The molecule has 0 aliphatic carbocycles. The Bertz CT molecular complexity index is 1190. The summed E-state index contributed by atoms with van der Waals surface area (Å²) in [5.41, 5.74) is 0.689. The SMILES string of the molecule is CC[C@@H](C)NC(=O)[C@@H](C)N(Cc1ccc(Cl)cc1Cl)C(=O)COc1ccc2ccccc2c1Br. The zero-order valence-corrected chi connectivity index (χ0v) is 22.4. The molecule has 0 heterocycles. The molecular formula is C26H27BrCl2N2O3. The number of fused-ring (bicyclic) bond motifs is 1. The molecule has 0 saturated heterocycles. The minimum atomic E-state index is -0.725. The Hall–Kier alpha value is -2.28. The van der Waals surface area contributed by atoms with E-state index in [-0.39, 0.29) is 31.0 Å². The quantitative estimate of drug-likeness (QED) is 0.317. The highest BCUT2D eigenvalue weighted by molar-refractivity contribution is 9.10. The van der Waals surface area contributed by atoms with Gasteiger partial charge >= 0.3 is 0 Å². The summed E-state index contributed by atoms with van der Waals surface area (Å²) < 4.78 is 6.65. The molecular weight excluding hydrogens is 539 g/mol. The lowest BCUT2D eigenvalue weighted by Gasteiger charge is -2.30. The first-order chi connectivity index (χ1) is 16.2. The van der Waals surface area contributed by atoms with Gasteiger partial charge in [-0.3, -0.25) is 9.59 Å². The molecule has 0 unspecified atom stereocenters. The van der Waals surface area contributed by atoms with Crippen molar-refractivity contribution >= 4 is 61.7 Å². The fraction of sp³-hybridized carbons (Fsp3) is 0.308. The minimum absolute atomic E-state index is 0.00386. The van der Waals surface area contributed by atoms with E-state index in [2.05, 4.69) is 21.2 Å². The van der Waals surface area contributed by atoms with E-state index in [1.807, 2.05) is 50.2 Å². The first-order valence-corrected chi connectivity index (χ1v) is 12.6. The summed E-state index contributed by atoms with van der Waals surface area (Å²) in [6, 6.07) is 16.0. The van der Waals surface area contributed by atoms with E-state index in [0.29, 0.717) is 21.4 Å². The van der Waals surface area contributed by atoms with Gasteiger partial charge in [-0.2, -0.15) is 0 Å². The van der Waals surface area contributed by atoms with Crippen LogP contribution in [0.15, 0.2) is 59.1 Å². The smallest absolute Gasteiger partial charge is 0.261 e. The van der Waals surface area contributed by atoms with Gasteiger partial charge in [-0.1, -0.05) is 66.5 Å². The molecule has 3 aromatic rings. The van der Waals surface area contributed by atoms with Crippen molar-refractivity contribution in [2.75, 3.05) is 6.61 Å². The minimum Gasteiger partial charge on any atom is -0.483 e. The molecule has 0 aliphatic rings. The van der Waals surface area contributed by atoms with Gasteiger partial charge in [0.15, 0.2) is 6.61 Å². The van der Waals surface area contributed by atoms with Gasteiger partial charge in [0.05, 0.1) is 4.47 Å². The molecule has 0 fully saturated rings. The molecule has 0 radical (unpaired) electrons. The number of hydrogen-bond acceptors (Lipinski definition) is 3. The number of ether oxygens (including phenoxy) is 1. The van der Waals surface area contributed by atoms with Crippen LogP contribution in [0.25, 0.3) is 10.8 Å². The number of benzene rings is 3. The van der Waals surface area contributed by atoms with Gasteiger partial charge in [0.1, 0.15) is 11.8 Å². The van der Waals surface area contributed by atoms with Crippen LogP contribution >= 0.6 is 39.1 Å². The molecule has 3 aromatic carbocycles. The topological polar surface area (TPSA) is 58.6 Å². The van der Waals surface area contributed by atoms with Crippen molar-refractivity contribution in [3.63, 3.8) is 0 Å². The Morgan fingerprint density at radius 1 is 1.09 bits per heavy atom. The Balaban J connectivity index is 1.82. The predicted octanol–water partition coefficient (Wildman–Crippen LogP) is 6.62. The van der Waals surface area contributed by atoms with Crippen LogP contribution in [-0.2, 0) is 16.1 Å². The van der Waals surface area contributed by atoms with Crippen LogP contribution in [-0.4, -0.2) is 35.4 Å². The van der Waals surface area contributed by atoms with Crippen LogP contribution < -0.4 is 10.1 Å². The highest BCUT2D eigenvalue weighted by atomic mass is 79.9. The summed E-state index contributed by atoms with van der Waals surface area (Å²) in [5, 5.41) is 5.91. The molecule has 0 bridgehead atoms. The van der Waals surface area contributed by atoms with Crippen LogP contribution in [0, 0.1) is 0 Å². The Morgan fingerprint density at radius 3 is 2.53 bits per heavy atom. The normalized spacial score (nSPS) is 12.8. The first kappa shape index (κ1) is 26.3. The van der Waals surface area contributed by atoms with Crippen LogP contribution in [0.1, 0.15) is 32.8 Å². The van der Waals surface area contributed by atoms with Crippen LogP contribution in [0.4, 0.5) is 0 Å². The number of halogens is 3. The second-order valence-electron chi connectivity index (χ2n) is 8.14. The van der Waals surface area contributed by atoms with Crippen LogP contribution in [0.3, 0.4) is 0 Å². The van der Waals surface area contributed by atoms with E-state index in [4.69, 9.17) is 27.9 Å². The van der Waals surface area contributed by atoms with Crippen LogP contribution in [0.5, 0.6) is 5.75 Å². The van der Waals surface area contributed by atoms with Crippen molar-refractivity contribution in [1.82, 2.24) is 10.2 Å². The molecule has 0 spiro atoms. The van der Waals surface area contributed by atoms with Gasteiger partial charge in [-0.15, -0.1) is 0 Å². The molecule has 34 heavy (non-hydrogen) atoms. The number of nitrogens with zero attached hydrogens (tertiary/aromatic N) is 1. The third kappa shape index (κ3) is 6.44.